The van der Waals surface area contributed by atoms with Crippen molar-refractivity contribution in [1.29, 1.82) is 0 Å². The number of hydrogen-bond acceptors (Lipinski definition) is 2. The average molecular weight is 301 g/mol. The molecule has 0 aliphatic rings. The second-order valence-electron chi connectivity index (χ2n) is 5.04. The average Bonchev–Trinajstić information content (AvgIpc) is 2.13. The van der Waals surface area contributed by atoms with E-state index in [4.69, 9.17) is 0 Å². The van der Waals surface area contributed by atoms with Gasteiger partial charge in [0, 0.05) is 29.3 Å². The Morgan fingerprint density at radius 1 is 1.47 bits per heavy atom. The molecule has 1 aromatic rings. The monoisotopic (exact) mass is 300 g/mol. The van der Waals surface area contributed by atoms with E-state index in [1.165, 1.54) is 6.07 Å². The summed E-state index contributed by atoms with van der Waals surface area (Å²) in [6.07, 6.45) is 0. The number of aromatic nitrogens is 1. The molecule has 0 saturated heterocycles. The standard InChI is InChI=1S/C12H17BrN2O2/c1-7-5-9(16)8(10(13)15-7)6-14-11(17)12(2,3)4/h5H,6H2,1-4H3,(H,14,17)(H,15,16). The van der Waals surface area contributed by atoms with Crippen LogP contribution in [0, 0.1) is 12.3 Å². The van der Waals surface area contributed by atoms with Crippen LogP contribution in [-0.4, -0.2) is 10.9 Å². The maximum Gasteiger partial charge on any atom is 0.225 e. The Balaban J connectivity index is 2.84. The molecule has 0 bridgehead atoms. The predicted molar refractivity (Wildman–Crippen MR) is 70.8 cm³/mol. The van der Waals surface area contributed by atoms with Crippen LogP contribution < -0.4 is 10.7 Å². The number of aryl methyl sites for hydroxylation is 1. The first-order valence-electron chi connectivity index (χ1n) is 5.38. The van der Waals surface area contributed by atoms with E-state index in [0.29, 0.717) is 10.2 Å². The maximum atomic E-state index is 11.7. The van der Waals surface area contributed by atoms with Gasteiger partial charge in [0.2, 0.25) is 5.91 Å². The Hall–Kier alpha value is -1.10. The third-order valence-corrected chi connectivity index (χ3v) is 3.00. The van der Waals surface area contributed by atoms with Gasteiger partial charge < -0.3 is 10.3 Å². The lowest BCUT2D eigenvalue weighted by Crippen LogP contribution is -2.35. The van der Waals surface area contributed by atoms with Crippen LogP contribution in [0.1, 0.15) is 32.0 Å². The first-order chi connectivity index (χ1) is 7.71. The zero-order valence-corrected chi connectivity index (χ0v) is 12.1. The van der Waals surface area contributed by atoms with Crippen molar-refractivity contribution in [2.24, 2.45) is 5.41 Å². The number of rotatable bonds is 2. The molecule has 4 nitrogen and oxygen atoms in total. The number of hydrogen-bond donors (Lipinski definition) is 2. The largest absolute Gasteiger partial charge is 0.353 e. The fraction of sp³-hybridized carbons (Fsp3) is 0.500. The van der Waals surface area contributed by atoms with Crippen molar-refractivity contribution in [3.05, 3.63) is 32.2 Å². The Kier molecular flexibility index (Phi) is 4.14. The number of H-pyrrole nitrogens is 1. The van der Waals surface area contributed by atoms with Gasteiger partial charge >= 0.3 is 0 Å². The molecule has 94 valence electrons. The number of nitrogens with one attached hydrogen (secondary N) is 2. The number of pyridine rings is 1. The Bertz CT molecular complexity index is 486. The Labute approximate surface area is 109 Å². The van der Waals surface area contributed by atoms with Crippen LogP contribution in [0.4, 0.5) is 0 Å². The molecule has 0 aromatic carbocycles. The summed E-state index contributed by atoms with van der Waals surface area (Å²) in [7, 11) is 0. The van der Waals surface area contributed by atoms with Gasteiger partial charge in [-0.15, -0.1) is 0 Å². The van der Waals surface area contributed by atoms with E-state index in [1.54, 1.807) is 0 Å². The van der Waals surface area contributed by atoms with Gasteiger partial charge in [-0.3, -0.25) is 9.59 Å². The molecule has 0 atom stereocenters. The molecule has 0 spiro atoms. The number of halogens is 1. The highest BCUT2D eigenvalue weighted by atomic mass is 79.9. The highest BCUT2D eigenvalue weighted by Crippen LogP contribution is 2.14. The van der Waals surface area contributed by atoms with E-state index < -0.39 is 5.41 Å². The van der Waals surface area contributed by atoms with Gasteiger partial charge in [0.1, 0.15) is 0 Å². The minimum Gasteiger partial charge on any atom is -0.353 e. The van der Waals surface area contributed by atoms with E-state index >= 15 is 0 Å². The van der Waals surface area contributed by atoms with Crippen molar-refractivity contribution < 1.29 is 4.79 Å². The lowest BCUT2D eigenvalue weighted by Gasteiger charge is -2.17. The molecule has 0 unspecified atom stereocenters. The zero-order chi connectivity index (χ0) is 13.2. The van der Waals surface area contributed by atoms with Crippen LogP contribution in [0.5, 0.6) is 0 Å². The van der Waals surface area contributed by atoms with E-state index in [9.17, 15) is 9.59 Å². The molecule has 1 heterocycles. The zero-order valence-electron chi connectivity index (χ0n) is 10.5. The number of carbonyl (C=O) groups excluding carboxylic acids is 1. The van der Waals surface area contributed by atoms with Gasteiger partial charge in [0.15, 0.2) is 5.43 Å². The second-order valence-corrected chi connectivity index (χ2v) is 5.83. The van der Waals surface area contributed by atoms with Crippen molar-refractivity contribution in [2.45, 2.75) is 34.2 Å². The normalized spacial score (nSPS) is 11.4. The first kappa shape index (κ1) is 14.0. The molecule has 0 saturated carbocycles. The van der Waals surface area contributed by atoms with Crippen LogP contribution in [0.3, 0.4) is 0 Å². The Morgan fingerprint density at radius 2 is 2.06 bits per heavy atom. The predicted octanol–water partition coefficient (Wildman–Crippen LogP) is 2.11. The molecule has 1 aromatic heterocycles. The minimum atomic E-state index is -0.454. The van der Waals surface area contributed by atoms with Crippen LogP contribution in [0.15, 0.2) is 15.5 Å². The molecule has 0 radical (unpaired) electrons. The molecule has 2 N–H and O–H groups in total. The topological polar surface area (TPSA) is 62.0 Å². The van der Waals surface area contributed by atoms with Crippen molar-refractivity contribution >= 4 is 21.8 Å². The lowest BCUT2D eigenvalue weighted by atomic mass is 9.95. The maximum absolute atomic E-state index is 11.7. The van der Waals surface area contributed by atoms with Crippen molar-refractivity contribution in [2.75, 3.05) is 0 Å². The van der Waals surface area contributed by atoms with Crippen molar-refractivity contribution in [1.82, 2.24) is 10.3 Å². The smallest absolute Gasteiger partial charge is 0.225 e. The Morgan fingerprint density at radius 3 is 2.53 bits per heavy atom. The van der Waals surface area contributed by atoms with Crippen LogP contribution in [0.2, 0.25) is 0 Å². The van der Waals surface area contributed by atoms with Crippen molar-refractivity contribution in [3.63, 3.8) is 0 Å². The summed E-state index contributed by atoms with van der Waals surface area (Å²) in [6, 6.07) is 1.52. The van der Waals surface area contributed by atoms with Gasteiger partial charge in [0.25, 0.3) is 0 Å². The third-order valence-electron chi connectivity index (χ3n) is 2.32. The van der Waals surface area contributed by atoms with Crippen molar-refractivity contribution in [3.8, 4) is 0 Å². The van der Waals surface area contributed by atoms with E-state index in [1.807, 2.05) is 27.7 Å². The second kappa shape index (κ2) is 5.04. The summed E-state index contributed by atoms with van der Waals surface area (Å²) < 4.78 is 0.622. The summed E-state index contributed by atoms with van der Waals surface area (Å²) in [5.41, 5.74) is 0.785. The molecule has 0 fully saturated rings. The third kappa shape index (κ3) is 3.70. The molecule has 17 heavy (non-hydrogen) atoms. The summed E-state index contributed by atoms with van der Waals surface area (Å²) in [5, 5.41) is 2.75. The molecular weight excluding hydrogens is 284 g/mol. The molecular formula is C12H17BrN2O2. The summed E-state index contributed by atoms with van der Waals surface area (Å²) >= 11 is 3.29. The molecule has 1 amide bonds. The molecule has 5 heteroatoms. The van der Waals surface area contributed by atoms with Crippen LogP contribution >= 0.6 is 15.9 Å². The molecule has 0 aliphatic heterocycles. The molecule has 0 aliphatic carbocycles. The minimum absolute atomic E-state index is 0.0793. The van der Waals surface area contributed by atoms with Crippen LogP contribution in [0.25, 0.3) is 0 Å². The first-order valence-corrected chi connectivity index (χ1v) is 6.17. The highest BCUT2D eigenvalue weighted by Gasteiger charge is 2.21. The SMILES string of the molecule is Cc1cc(=O)c(CNC(=O)C(C)(C)C)c(Br)[nH]1. The fourth-order valence-corrected chi connectivity index (χ4v) is 1.92. The fourth-order valence-electron chi connectivity index (χ4n) is 1.28. The number of amides is 1. The molecule has 1 rings (SSSR count). The van der Waals surface area contributed by atoms with Gasteiger partial charge in [-0.1, -0.05) is 20.8 Å². The quantitative estimate of drug-likeness (QED) is 0.822. The van der Waals surface area contributed by atoms with E-state index in [2.05, 4.69) is 26.2 Å². The summed E-state index contributed by atoms with van der Waals surface area (Å²) in [5.74, 6) is -0.0793. The van der Waals surface area contributed by atoms with E-state index in [-0.39, 0.29) is 17.9 Å². The number of aromatic amines is 1. The lowest BCUT2D eigenvalue weighted by molar-refractivity contribution is -0.128. The van der Waals surface area contributed by atoms with Gasteiger partial charge in [-0.2, -0.15) is 0 Å². The van der Waals surface area contributed by atoms with E-state index in [0.717, 1.165) is 5.69 Å². The summed E-state index contributed by atoms with van der Waals surface area (Å²) in [4.78, 5) is 26.4. The number of carbonyl (C=O) groups is 1. The van der Waals surface area contributed by atoms with Crippen LogP contribution in [-0.2, 0) is 11.3 Å². The highest BCUT2D eigenvalue weighted by molar-refractivity contribution is 9.10. The van der Waals surface area contributed by atoms with Gasteiger partial charge in [-0.25, -0.2) is 0 Å². The summed E-state index contributed by atoms with van der Waals surface area (Å²) in [6.45, 7) is 7.53. The van der Waals surface area contributed by atoms with Gasteiger partial charge in [0.05, 0.1) is 4.60 Å². The van der Waals surface area contributed by atoms with Gasteiger partial charge in [-0.05, 0) is 22.9 Å².